The Kier molecular flexibility index (Phi) is 3.16. The smallest absolute Gasteiger partial charge is 0.274 e. The Hall–Kier alpha value is -1.20. The Morgan fingerprint density at radius 2 is 2.38 bits per heavy atom. The van der Waals surface area contributed by atoms with Gasteiger partial charge in [-0.15, -0.1) is 5.10 Å². The van der Waals surface area contributed by atoms with Crippen molar-refractivity contribution in [1.29, 1.82) is 0 Å². The van der Waals surface area contributed by atoms with E-state index in [0.717, 1.165) is 5.06 Å². The number of carbonyl (C=O) groups excluding carboxylic acids is 1. The zero-order valence-corrected chi connectivity index (χ0v) is 7.95. The second kappa shape index (κ2) is 4.15. The molecular weight excluding hydrogens is 194 g/mol. The molecular formula is C7H8ClN3O2. The molecule has 0 bridgehead atoms. The van der Waals surface area contributed by atoms with Crippen LogP contribution in [0.1, 0.15) is 10.4 Å². The van der Waals surface area contributed by atoms with Crippen LogP contribution in [0.4, 0.5) is 0 Å². The van der Waals surface area contributed by atoms with Crippen molar-refractivity contribution in [1.82, 2.24) is 15.3 Å². The molecule has 0 aromatic carbocycles. The van der Waals surface area contributed by atoms with Crippen LogP contribution in [0, 0.1) is 0 Å². The van der Waals surface area contributed by atoms with Crippen molar-refractivity contribution in [2.24, 2.45) is 0 Å². The van der Waals surface area contributed by atoms with E-state index in [0.29, 0.717) is 0 Å². The van der Waals surface area contributed by atoms with Gasteiger partial charge >= 0.3 is 0 Å². The molecule has 0 fully saturated rings. The fourth-order valence-electron chi connectivity index (χ4n) is 0.727. The van der Waals surface area contributed by atoms with Gasteiger partial charge in [0, 0.05) is 7.05 Å². The molecule has 5 nitrogen and oxygen atoms in total. The molecule has 1 aromatic rings. The van der Waals surface area contributed by atoms with Gasteiger partial charge in [-0.25, -0.2) is 5.06 Å². The molecule has 0 saturated heterocycles. The van der Waals surface area contributed by atoms with E-state index in [1.54, 1.807) is 0 Å². The van der Waals surface area contributed by atoms with Crippen LogP contribution in [0.2, 0.25) is 5.15 Å². The third kappa shape index (κ3) is 2.13. The van der Waals surface area contributed by atoms with Crippen LogP contribution in [0.3, 0.4) is 0 Å². The van der Waals surface area contributed by atoms with E-state index in [9.17, 15) is 4.79 Å². The molecule has 0 saturated carbocycles. The summed E-state index contributed by atoms with van der Waals surface area (Å²) in [6.07, 6.45) is 1.39. The van der Waals surface area contributed by atoms with Gasteiger partial charge in [-0.1, -0.05) is 11.6 Å². The lowest BCUT2D eigenvalue weighted by Gasteiger charge is -2.13. The maximum atomic E-state index is 11.4. The topological polar surface area (TPSA) is 55.3 Å². The van der Waals surface area contributed by atoms with Crippen molar-refractivity contribution in [2.75, 3.05) is 14.2 Å². The number of amides is 1. The van der Waals surface area contributed by atoms with Gasteiger partial charge in [-0.3, -0.25) is 9.63 Å². The average Bonchev–Trinajstić information content (AvgIpc) is 2.16. The molecule has 0 aliphatic carbocycles. The lowest BCUT2D eigenvalue weighted by Crippen LogP contribution is -2.25. The highest BCUT2D eigenvalue weighted by atomic mass is 35.5. The third-order valence-electron chi connectivity index (χ3n) is 1.47. The van der Waals surface area contributed by atoms with E-state index >= 15 is 0 Å². The number of aromatic nitrogens is 2. The number of rotatable bonds is 2. The minimum absolute atomic E-state index is 0.0661. The fourth-order valence-corrected chi connectivity index (χ4v) is 0.914. The van der Waals surface area contributed by atoms with Gasteiger partial charge in [0.25, 0.3) is 5.91 Å². The summed E-state index contributed by atoms with van der Waals surface area (Å²) in [4.78, 5) is 16.1. The highest BCUT2D eigenvalue weighted by Crippen LogP contribution is 2.12. The number of hydrogen-bond acceptors (Lipinski definition) is 4. The largest absolute Gasteiger partial charge is 0.280 e. The lowest BCUT2D eigenvalue weighted by atomic mass is 10.3. The summed E-state index contributed by atoms with van der Waals surface area (Å²) in [6, 6.07) is 1.48. The Morgan fingerprint density at radius 3 is 2.92 bits per heavy atom. The number of hydrogen-bond donors (Lipinski definition) is 0. The van der Waals surface area contributed by atoms with Crippen LogP contribution in [0.5, 0.6) is 0 Å². The lowest BCUT2D eigenvalue weighted by molar-refractivity contribution is -0.0757. The molecule has 0 radical (unpaired) electrons. The summed E-state index contributed by atoms with van der Waals surface area (Å²) in [7, 11) is 2.87. The molecule has 1 amide bonds. The third-order valence-corrected chi connectivity index (χ3v) is 1.75. The van der Waals surface area contributed by atoms with Gasteiger partial charge in [0.05, 0.1) is 18.9 Å². The van der Waals surface area contributed by atoms with Crippen molar-refractivity contribution in [3.8, 4) is 0 Å². The molecule has 0 spiro atoms. The SMILES string of the molecule is CON(C)C(=O)c1ccnnc1Cl. The van der Waals surface area contributed by atoms with Crippen molar-refractivity contribution in [3.63, 3.8) is 0 Å². The van der Waals surface area contributed by atoms with Crippen molar-refractivity contribution in [3.05, 3.63) is 23.0 Å². The molecule has 70 valence electrons. The zero-order valence-electron chi connectivity index (χ0n) is 7.19. The van der Waals surface area contributed by atoms with Crippen molar-refractivity contribution < 1.29 is 9.63 Å². The van der Waals surface area contributed by atoms with Gasteiger partial charge < -0.3 is 0 Å². The standard InChI is InChI=1S/C7H8ClN3O2/c1-11(13-2)7(12)5-3-4-9-10-6(5)8/h3-4H,1-2H3. The summed E-state index contributed by atoms with van der Waals surface area (Å²) in [5.41, 5.74) is 0.265. The van der Waals surface area contributed by atoms with Crippen LogP contribution in [0.15, 0.2) is 12.3 Å². The van der Waals surface area contributed by atoms with Gasteiger partial charge in [-0.2, -0.15) is 5.10 Å². The maximum absolute atomic E-state index is 11.4. The molecule has 0 aliphatic heterocycles. The second-order valence-corrected chi connectivity index (χ2v) is 2.58. The fraction of sp³-hybridized carbons (Fsp3) is 0.286. The predicted octanol–water partition coefficient (Wildman–Crippen LogP) is 0.763. The quantitative estimate of drug-likeness (QED) is 0.663. The van der Waals surface area contributed by atoms with E-state index in [-0.39, 0.29) is 16.6 Å². The summed E-state index contributed by atoms with van der Waals surface area (Å²) in [6.45, 7) is 0. The number of halogens is 1. The minimum Gasteiger partial charge on any atom is -0.274 e. The molecule has 0 N–H and O–H groups in total. The highest BCUT2D eigenvalue weighted by molar-refractivity contribution is 6.32. The summed E-state index contributed by atoms with van der Waals surface area (Å²) < 4.78 is 0. The first-order chi connectivity index (χ1) is 6.16. The zero-order chi connectivity index (χ0) is 9.84. The first-order valence-electron chi connectivity index (χ1n) is 3.46. The number of nitrogens with zero attached hydrogens (tertiary/aromatic N) is 3. The Balaban J connectivity index is 2.95. The van der Waals surface area contributed by atoms with E-state index in [1.807, 2.05) is 0 Å². The Morgan fingerprint density at radius 1 is 1.69 bits per heavy atom. The van der Waals surface area contributed by atoms with Crippen LogP contribution >= 0.6 is 11.6 Å². The van der Waals surface area contributed by atoms with Crippen LogP contribution in [-0.2, 0) is 4.84 Å². The second-order valence-electron chi connectivity index (χ2n) is 2.22. The normalized spacial score (nSPS) is 9.77. The molecule has 0 unspecified atom stereocenters. The first-order valence-corrected chi connectivity index (χ1v) is 3.84. The van der Waals surface area contributed by atoms with E-state index in [1.165, 1.54) is 26.4 Å². The van der Waals surface area contributed by atoms with Gasteiger partial charge in [0.1, 0.15) is 0 Å². The molecule has 13 heavy (non-hydrogen) atoms. The van der Waals surface area contributed by atoms with Gasteiger partial charge in [-0.05, 0) is 6.07 Å². The van der Waals surface area contributed by atoms with Gasteiger partial charge in [0.15, 0.2) is 5.15 Å². The summed E-state index contributed by atoms with van der Waals surface area (Å²) in [5, 5.41) is 8.17. The molecule has 0 atom stereocenters. The first kappa shape index (κ1) is 9.88. The highest BCUT2D eigenvalue weighted by Gasteiger charge is 2.15. The van der Waals surface area contributed by atoms with Gasteiger partial charge in [0.2, 0.25) is 0 Å². The molecule has 1 aromatic heterocycles. The molecule has 0 aliphatic rings. The minimum atomic E-state index is -0.359. The molecule has 1 heterocycles. The van der Waals surface area contributed by atoms with Crippen molar-refractivity contribution >= 4 is 17.5 Å². The Labute approximate surface area is 80.2 Å². The summed E-state index contributed by atoms with van der Waals surface area (Å²) >= 11 is 5.64. The number of carbonyl (C=O) groups is 1. The van der Waals surface area contributed by atoms with Crippen LogP contribution < -0.4 is 0 Å². The summed E-state index contributed by atoms with van der Waals surface area (Å²) in [5.74, 6) is -0.359. The van der Waals surface area contributed by atoms with E-state index in [4.69, 9.17) is 16.4 Å². The Bertz CT molecular complexity index is 318. The maximum Gasteiger partial charge on any atom is 0.280 e. The number of hydroxylamine groups is 2. The monoisotopic (exact) mass is 201 g/mol. The van der Waals surface area contributed by atoms with E-state index < -0.39 is 0 Å². The predicted molar refractivity (Wildman–Crippen MR) is 46.1 cm³/mol. The molecule has 6 heteroatoms. The average molecular weight is 202 g/mol. The molecule has 1 rings (SSSR count). The van der Waals surface area contributed by atoms with Crippen LogP contribution in [0.25, 0.3) is 0 Å². The van der Waals surface area contributed by atoms with E-state index in [2.05, 4.69) is 10.2 Å². The van der Waals surface area contributed by atoms with Crippen molar-refractivity contribution in [2.45, 2.75) is 0 Å². The van der Waals surface area contributed by atoms with Crippen LogP contribution in [-0.4, -0.2) is 35.3 Å².